The molecule has 32 heavy (non-hydrogen) atoms. The van der Waals surface area contributed by atoms with Crippen LogP contribution in [-0.2, 0) is 9.47 Å². The second-order valence-corrected chi connectivity index (χ2v) is 20.5. The van der Waals surface area contributed by atoms with Crippen molar-refractivity contribution in [2.75, 3.05) is 26.4 Å². The highest BCUT2D eigenvalue weighted by Gasteiger charge is 2.51. The van der Waals surface area contributed by atoms with Crippen molar-refractivity contribution < 1.29 is 9.47 Å². The van der Waals surface area contributed by atoms with Crippen LogP contribution in [0.3, 0.4) is 0 Å². The van der Waals surface area contributed by atoms with Gasteiger partial charge in [-0.3, -0.25) is 0 Å². The molecule has 2 atom stereocenters. The fourth-order valence-electron chi connectivity index (χ4n) is 6.42. The topological polar surface area (TPSA) is 18.5 Å². The molecule has 0 fully saturated rings. The summed E-state index contributed by atoms with van der Waals surface area (Å²) in [5, 5.41) is 1.78. The normalized spacial score (nSPS) is 24.0. The van der Waals surface area contributed by atoms with Crippen molar-refractivity contribution in [3.05, 3.63) is 82.1 Å². The van der Waals surface area contributed by atoms with Crippen LogP contribution in [0.4, 0.5) is 0 Å². The Bertz CT molecular complexity index is 1100. The van der Waals surface area contributed by atoms with Gasteiger partial charge >= 0.3 is 0 Å². The van der Waals surface area contributed by atoms with E-state index in [0.29, 0.717) is 17.7 Å². The lowest BCUT2D eigenvalue weighted by Gasteiger charge is -2.42. The maximum Gasteiger partial charge on any atom is 0.0878 e. The fourth-order valence-corrected chi connectivity index (χ4v) is 15.6. The number of benzene rings is 2. The molecule has 1 heterocycles. The third kappa shape index (κ3) is 3.43. The predicted molar refractivity (Wildman–Crippen MR) is 140 cm³/mol. The van der Waals surface area contributed by atoms with Crippen molar-refractivity contribution >= 4 is 27.3 Å². The second-order valence-electron chi connectivity index (χ2n) is 10.8. The van der Waals surface area contributed by atoms with Gasteiger partial charge in [0.25, 0.3) is 0 Å². The van der Waals surface area contributed by atoms with Crippen LogP contribution in [0.25, 0.3) is 11.1 Å². The Hall–Kier alpha value is -1.73. The molecule has 2 aliphatic carbocycles. The first kappa shape index (κ1) is 22.1. The zero-order chi connectivity index (χ0) is 22.5. The number of rotatable bonds is 5. The molecule has 0 radical (unpaired) electrons. The van der Waals surface area contributed by atoms with Crippen LogP contribution >= 0.6 is 0 Å². The highest BCUT2D eigenvalue weighted by atomic mass is 28.3. The summed E-state index contributed by atoms with van der Waals surface area (Å²) >= 11 is 0. The Morgan fingerprint density at radius 3 is 2.44 bits per heavy atom. The van der Waals surface area contributed by atoms with E-state index >= 15 is 0 Å². The molecule has 0 saturated carbocycles. The predicted octanol–water partition coefficient (Wildman–Crippen LogP) is 6.82. The van der Waals surface area contributed by atoms with Crippen LogP contribution in [-0.4, -0.2) is 42.6 Å². The first-order valence-electron chi connectivity index (χ1n) is 12.1. The van der Waals surface area contributed by atoms with E-state index in [1.165, 1.54) is 33.9 Å². The molecule has 0 amide bonds. The summed E-state index contributed by atoms with van der Waals surface area (Å²) in [6.45, 7) is 15.7. The summed E-state index contributed by atoms with van der Waals surface area (Å²) in [7, 11) is -3.46. The largest absolute Gasteiger partial charge is 0.377 e. The Morgan fingerprint density at radius 2 is 1.69 bits per heavy atom. The number of ether oxygens (including phenoxy) is 2. The van der Waals surface area contributed by atoms with Crippen LogP contribution in [0.2, 0.25) is 32.2 Å². The van der Waals surface area contributed by atoms with Crippen molar-refractivity contribution in [3.63, 3.8) is 0 Å². The van der Waals surface area contributed by atoms with Crippen molar-refractivity contribution in [1.29, 1.82) is 0 Å². The van der Waals surface area contributed by atoms with Crippen molar-refractivity contribution in [3.8, 4) is 0 Å². The molecule has 0 saturated heterocycles. The molecule has 168 valence electrons. The molecule has 1 aliphatic heterocycles. The highest BCUT2D eigenvalue weighted by molar-refractivity contribution is 6.91. The van der Waals surface area contributed by atoms with E-state index in [0.717, 1.165) is 19.8 Å². The summed E-state index contributed by atoms with van der Waals surface area (Å²) in [5.41, 5.74) is 9.98. The van der Waals surface area contributed by atoms with Crippen molar-refractivity contribution in [1.82, 2.24) is 0 Å². The Labute approximate surface area is 195 Å². The molecule has 0 spiro atoms. The lowest BCUT2D eigenvalue weighted by molar-refractivity contribution is 0.180. The van der Waals surface area contributed by atoms with Gasteiger partial charge in [0.05, 0.1) is 29.4 Å². The molecule has 0 N–H and O–H groups in total. The molecule has 2 aromatic carbocycles. The monoisotopic (exact) mass is 460 g/mol. The smallest absolute Gasteiger partial charge is 0.0878 e. The van der Waals surface area contributed by atoms with Crippen molar-refractivity contribution in [2.45, 2.75) is 50.2 Å². The van der Waals surface area contributed by atoms with E-state index in [1.54, 1.807) is 10.8 Å². The zero-order valence-electron chi connectivity index (χ0n) is 20.2. The minimum Gasteiger partial charge on any atom is -0.377 e. The highest BCUT2D eigenvalue weighted by Crippen LogP contribution is 2.56. The van der Waals surface area contributed by atoms with Gasteiger partial charge in [0.15, 0.2) is 0 Å². The van der Waals surface area contributed by atoms with E-state index in [2.05, 4.69) is 87.7 Å². The molecule has 4 heteroatoms. The van der Waals surface area contributed by atoms with Crippen LogP contribution in [0.1, 0.15) is 40.3 Å². The fraction of sp³-hybridized carbons (Fsp3) is 0.429. The maximum atomic E-state index is 6.29. The van der Waals surface area contributed by atoms with Gasteiger partial charge in [0.1, 0.15) is 0 Å². The number of hydrogen-bond donors (Lipinski definition) is 0. The number of allylic oxidation sites excluding steroid dienone is 2. The Kier molecular flexibility index (Phi) is 5.69. The third-order valence-corrected chi connectivity index (χ3v) is 16.0. The van der Waals surface area contributed by atoms with Gasteiger partial charge in [-0.1, -0.05) is 86.0 Å². The number of fused-ring (bicyclic) bond motifs is 5. The van der Waals surface area contributed by atoms with Crippen LogP contribution < -0.4 is 0 Å². The molecular weight excluding hydrogens is 424 g/mol. The summed E-state index contributed by atoms with van der Waals surface area (Å²) in [6.07, 6.45) is 2.57. The lowest BCUT2D eigenvalue weighted by atomic mass is 10.1. The van der Waals surface area contributed by atoms with E-state index in [-0.39, 0.29) is 0 Å². The van der Waals surface area contributed by atoms with Gasteiger partial charge < -0.3 is 9.47 Å². The summed E-state index contributed by atoms with van der Waals surface area (Å²) < 4.78 is 12.2. The summed E-state index contributed by atoms with van der Waals surface area (Å²) in [5.74, 6) is 0. The van der Waals surface area contributed by atoms with Gasteiger partial charge in [0, 0.05) is 18.8 Å². The molecule has 2 unspecified atom stereocenters. The second kappa shape index (κ2) is 8.25. The third-order valence-electron chi connectivity index (χ3n) is 8.07. The minimum absolute atomic E-state index is 0.486. The van der Waals surface area contributed by atoms with Gasteiger partial charge in [-0.15, -0.1) is 0 Å². The number of hydrogen-bond acceptors (Lipinski definition) is 2. The van der Waals surface area contributed by atoms with Gasteiger partial charge in [-0.2, -0.15) is 0 Å². The van der Waals surface area contributed by atoms with Crippen LogP contribution in [0.5, 0.6) is 0 Å². The SMILES string of the molecule is CCOCC1=CC([Si](C)(C)C2=C3COCC[Si](C)(C)C2c2ccccc23)c2ccccc21. The first-order valence-corrected chi connectivity index (χ1v) is 18.5. The summed E-state index contributed by atoms with van der Waals surface area (Å²) in [6, 6.07) is 19.5. The standard InChI is InChI=1S/C28H36O2Si2/c1-6-29-18-20-17-26(23-13-9-7-11-21(20)23)32(4,5)28-25-19-30-15-16-31(2,3)27(28)24-14-10-8-12-22(24)25/h7-14,17,26-27H,6,15-16,18-19H2,1-5H3. The maximum absolute atomic E-state index is 6.29. The van der Waals surface area contributed by atoms with E-state index < -0.39 is 16.1 Å². The van der Waals surface area contributed by atoms with Gasteiger partial charge in [-0.25, -0.2) is 0 Å². The lowest BCUT2D eigenvalue weighted by Crippen LogP contribution is -2.46. The Balaban J connectivity index is 1.68. The Morgan fingerprint density at radius 1 is 1.00 bits per heavy atom. The average Bonchev–Trinajstić information content (AvgIpc) is 3.33. The van der Waals surface area contributed by atoms with E-state index in [9.17, 15) is 0 Å². The van der Waals surface area contributed by atoms with Gasteiger partial charge in [-0.05, 0) is 51.9 Å². The molecule has 0 aromatic heterocycles. The molecular formula is C28H36O2Si2. The molecule has 2 bridgehead atoms. The van der Waals surface area contributed by atoms with E-state index in [4.69, 9.17) is 9.47 Å². The molecule has 3 aliphatic rings. The van der Waals surface area contributed by atoms with E-state index in [1.807, 2.05) is 0 Å². The average molecular weight is 461 g/mol. The molecule has 5 rings (SSSR count). The quantitative estimate of drug-likeness (QED) is 0.456. The summed E-state index contributed by atoms with van der Waals surface area (Å²) in [4.78, 5) is 0. The van der Waals surface area contributed by atoms with Crippen LogP contribution in [0, 0.1) is 0 Å². The molecule has 2 nitrogen and oxygen atoms in total. The zero-order valence-corrected chi connectivity index (χ0v) is 22.2. The minimum atomic E-state index is -1.90. The first-order chi connectivity index (χ1) is 15.4. The van der Waals surface area contributed by atoms with Gasteiger partial charge in [0.2, 0.25) is 0 Å². The molecule has 2 aromatic rings. The van der Waals surface area contributed by atoms with Crippen molar-refractivity contribution in [2.24, 2.45) is 0 Å². The van der Waals surface area contributed by atoms with Crippen LogP contribution in [0.15, 0.2) is 59.8 Å².